The summed E-state index contributed by atoms with van der Waals surface area (Å²) in [6.07, 6.45) is 5.28. The maximum atomic E-state index is 10.8. The van der Waals surface area contributed by atoms with Gasteiger partial charge in [0.2, 0.25) is 5.79 Å². The molecule has 1 spiro atoms. The van der Waals surface area contributed by atoms with E-state index in [1.54, 1.807) is 0 Å². The summed E-state index contributed by atoms with van der Waals surface area (Å²) >= 11 is 0. The molecule has 1 N–H and O–H groups in total. The van der Waals surface area contributed by atoms with Crippen molar-refractivity contribution < 1.29 is 29.1 Å². The summed E-state index contributed by atoms with van der Waals surface area (Å²) in [5.74, 6) is 0.0675. The maximum absolute atomic E-state index is 10.8. The van der Waals surface area contributed by atoms with Gasteiger partial charge in [-0.2, -0.15) is 0 Å². The quantitative estimate of drug-likeness (QED) is 0.779. The molecule has 4 heterocycles. The Morgan fingerprint density at radius 2 is 1.96 bits per heavy atom. The fraction of sp³-hybridized carbons (Fsp3) is 0.947. The minimum Gasteiger partial charge on any atom is -0.481 e. The highest BCUT2D eigenvalue weighted by Crippen LogP contribution is 2.60. The Morgan fingerprint density at radius 1 is 1.16 bits per heavy atom. The first-order valence-electron chi connectivity index (χ1n) is 9.77. The number of rotatable bonds is 4. The third-order valence-corrected chi connectivity index (χ3v) is 7.17. The lowest BCUT2D eigenvalue weighted by molar-refractivity contribution is -0.571. The zero-order valence-electron chi connectivity index (χ0n) is 15.4. The Hall–Kier alpha value is -0.690. The van der Waals surface area contributed by atoms with Gasteiger partial charge in [0.25, 0.3) is 0 Å². The molecule has 6 nitrogen and oxygen atoms in total. The van der Waals surface area contributed by atoms with Gasteiger partial charge in [-0.1, -0.05) is 13.8 Å². The van der Waals surface area contributed by atoms with Gasteiger partial charge < -0.3 is 14.6 Å². The van der Waals surface area contributed by atoms with Gasteiger partial charge in [-0.05, 0) is 56.8 Å². The molecule has 4 aliphatic heterocycles. The van der Waals surface area contributed by atoms with E-state index in [0.717, 1.165) is 25.7 Å². The predicted octanol–water partition coefficient (Wildman–Crippen LogP) is 3.49. The van der Waals surface area contributed by atoms with Crippen LogP contribution in [0.1, 0.15) is 65.7 Å². The first-order valence-corrected chi connectivity index (χ1v) is 9.77. The minimum atomic E-state index is -0.750. The van der Waals surface area contributed by atoms with E-state index < -0.39 is 23.6 Å². The summed E-state index contributed by atoms with van der Waals surface area (Å²) in [6, 6.07) is 0. The van der Waals surface area contributed by atoms with Crippen molar-refractivity contribution in [3.8, 4) is 0 Å². The SMILES string of the molecule is C[C@H]1[C@@H](CCCC(=O)O)O[C@@H]2O[C@]3(C)CCC4[C@H](C)CC[C@@H]1[C@]42OO3. The summed E-state index contributed by atoms with van der Waals surface area (Å²) in [6.45, 7) is 6.45. The number of carbonyl (C=O) groups is 1. The fourth-order valence-electron chi connectivity index (χ4n) is 5.76. The van der Waals surface area contributed by atoms with Crippen LogP contribution in [0.15, 0.2) is 0 Å². The van der Waals surface area contributed by atoms with Gasteiger partial charge in [0.05, 0.1) is 6.10 Å². The molecule has 0 aromatic heterocycles. The molecule has 142 valence electrons. The van der Waals surface area contributed by atoms with E-state index in [4.69, 9.17) is 24.4 Å². The smallest absolute Gasteiger partial charge is 0.303 e. The average Bonchev–Trinajstić information content (AvgIpc) is 2.78. The highest BCUT2D eigenvalue weighted by atomic mass is 17.3. The predicted molar refractivity (Wildman–Crippen MR) is 88.3 cm³/mol. The molecular weight excluding hydrogens is 324 g/mol. The van der Waals surface area contributed by atoms with E-state index in [1.807, 2.05) is 6.92 Å². The Morgan fingerprint density at radius 3 is 2.72 bits per heavy atom. The van der Waals surface area contributed by atoms with Crippen molar-refractivity contribution in [2.45, 2.75) is 89.5 Å². The fourth-order valence-corrected chi connectivity index (χ4v) is 5.76. The number of aliphatic carboxylic acids is 1. The van der Waals surface area contributed by atoms with Crippen molar-refractivity contribution in [2.24, 2.45) is 23.7 Å². The van der Waals surface area contributed by atoms with Crippen molar-refractivity contribution in [1.29, 1.82) is 0 Å². The van der Waals surface area contributed by atoms with Crippen LogP contribution in [0.5, 0.6) is 0 Å². The molecule has 2 bridgehead atoms. The van der Waals surface area contributed by atoms with Crippen LogP contribution in [0.2, 0.25) is 0 Å². The summed E-state index contributed by atoms with van der Waals surface area (Å²) < 4.78 is 12.7. The van der Waals surface area contributed by atoms with E-state index in [1.165, 1.54) is 6.42 Å². The van der Waals surface area contributed by atoms with Gasteiger partial charge in [-0.15, -0.1) is 0 Å². The Kier molecular flexibility index (Phi) is 4.38. The van der Waals surface area contributed by atoms with Gasteiger partial charge in [0.1, 0.15) is 0 Å². The van der Waals surface area contributed by atoms with E-state index in [-0.39, 0.29) is 12.5 Å². The third-order valence-electron chi connectivity index (χ3n) is 7.17. The third kappa shape index (κ3) is 2.73. The Labute approximate surface area is 149 Å². The molecule has 5 aliphatic rings. The zero-order valence-corrected chi connectivity index (χ0v) is 15.4. The van der Waals surface area contributed by atoms with Crippen LogP contribution in [-0.4, -0.2) is 34.9 Å². The highest BCUT2D eigenvalue weighted by molar-refractivity contribution is 5.66. The minimum absolute atomic E-state index is 0.0144. The first kappa shape index (κ1) is 17.7. The molecule has 1 unspecified atom stereocenters. The molecule has 0 amide bonds. The van der Waals surface area contributed by atoms with Crippen molar-refractivity contribution in [3.05, 3.63) is 0 Å². The van der Waals surface area contributed by atoms with Crippen LogP contribution in [0, 0.1) is 23.7 Å². The summed E-state index contributed by atoms with van der Waals surface area (Å²) in [5, 5.41) is 8.92. The standard InChI is InChI=1S/C19H30O6/c1-11-7-8-14-12(2)15(5-4-6-16(20)21)22-17-19(14)13(11)9-10-18(3,23-17)24-25-19/h11-15,17H,4-10H2,1-3H3,(H,20,21)/t11-,12-,13?,14+,15-,17-,18+,19-/m1/s1. The summed E-state index contributed by atoms with van der Waals surface area (Å²) in [4.78, 5) is 22.7. The van der Waals surface area contributed by atoms with Crippen LogP contribution < -0.4 is 0 Å². The molecule has 0 radical (unpaired) electrons. The second-order valence-corrected chi connectivity index (χ2v) is 8.73. The molecule has 0 aromatic rings. The van der Waals surface area contributed by atoms with Gasteiger partial charge in [-0.25, -0.2) is 9.78 Å². The van der Waals surface area contributed by atoms with Crippen LogP contribution in [0.4, 0.5) is 0 Å². The Balaban J connectivity index is 1.62. The lowest BCUT2D eigenvalue weighted by Gasteiger charge is -2.60. The van der Waals surface area contributed by atoms with Crippen LogP contribution in [0.25, 0.3) is 0 Å². The number of carboxylic acids is 1. The highest BCUT2D eigenvalue weighted by Gasteiger charge is 2.69. The first-order chi connectivity index (χ1) is 11.9. The monoisotopic (exact) mass is 354 g/mol. The van der Waals surface area contributed by atoms with Gasteiger partial charge in [-0.3, -0.25) is 4.79 Å². The molecule has 6 heteroatoms. The van der Waals surface area contributed by atoms with Gasteiger partial charge in [0, 0.05) is 18.8 Å². The number of fused-ring (bicyclic) bond motifs is 2. The van der Waals surface area contributed by atoms with Crippen molar-refractivity contribution in [3.63, 3.8) is 0 Å². The number of ether oxygens (including phenoxy) is 2. The molecular formula is C19H30O6. The second-order valence-electron chi connectivity index (χ2n) is 8.73. The molecule has 25 heavy (non-hydrogen) atoms. The summed E-state index contributed by atoms with van der Waals surface area (Å²) in [5.41, 5.74) is -0.517. The van der Waals surface area contributed by atoms with E-state index >= 15 is 0 Å². The number of hydrogen-bond donors (Lipinski definition) is 1. The number of carboxylic acid groups (broad SMARTS) is 1. The largest absolute Gasteiger partial charge is 0.481 e. The van der Waals surface area contributed by atoms with E-state index in [2.05, 4.69) is 13.8 Å². The Bertz CT molecular complexity index is 538. The molecule has 8 atom stereocenters. The average molecular weight is 354 g/mol. The summed E-state index contributed by atoms with van der Waals surface area (Å²) in [7, 11) is 0. The van der Waals surface area contributed by atoms with Gasteiger partial charge in [0.15, 0.2) is 11.9 Å². The van der Waals surface area contributed by atoms with Crippen LogP contribution in [-0.2, 0) is 24.0 Å². The second kappa shape index (κ2) is 6.19. The molecule has 1 saturated carbocycles. The van der Waals surface area contributed by atoms with Crippen LogP contribution in [0.3, 0.4) is 0 Å². The maximum Gasteiger partial charge on any atom is 0.303 e. The van der Waals surface area contributed by atoms with E-state index in [9.17, 15) is 4.79 Å². The molecule has 5 rings (SSSR count). The normalized spacial score (nSPS) is 51.6. The molecule has 1 aliphatic carbocycles. The lowest BCUT2D eigenvalue weighted by atomic mass is 9.57. The molecule has 5 fully saturated rings. The van der Waals surface area contributed by atoms with Crippen LogP contribution >= 0.6 is 0 Å². The molecule has 4 saturated heterocycles. The van der Waals surface area contributed by atoms with E-state index in [0.29, 0.717) is 30.1 Å². The topological polar surface area (TPSA) is 74.2 Å². The molecule has 0 aromatic carbocycles. The van der Waals surface area contributed by atoms with Gasteiger partial charge >= 0.3 is 5.97 Å². The van der Waals surface area contributed by atoms with Crippen molar-refractivity contribution in [1.82, 2.24) is 0 Å². The van der Waals surface area contributed by atoms with Crippen molar-refractivity contribution >= 4 is 5.97 Å². The lowest BCUT2D eigenvalue weighted by Crippen LogP contribution is -2.70. The number of hydrogen-bond acceptors (Lipinski definition) is 5. The van der Waals surface area contributed by atoms with Crippen molar-refractivity contribution in [2.75, 3.05) is 0 Å². The zero-order chi connectivity index (χ0) is 17.8.